The molecule has 1 saturated heterocycles. The SMILES string of the molecule is COc1ccc(Oc2cc(C)nc([C@H]3CCCN3C(=O)c3ccccc3Cn3ccnc3)n2)cc1. The molecule has 0 aliphatic carbocycles. The minimum Gasteiger partial charge on any atom is -0.497 e. The molecule has 8 heteroatoms. The summed E-state index contributed by atoms with van der Waals surface area (Å²) in [6.07, 6.45) is 7.09. The summed E-state index contributed by atoms with van der Waals surface area (Å²) < 4.78 is 13.2. The van der Waals surface area contributed by atoms with Gasteiger partial charge in [-0.3, -0.25) is 4.79 Å². The molecule has 5 rings (SSSR count). The van der Waals surface area contributed by atoms with Gasteiger partial charge in [0.2, 0.25) is 5.88 Å². The summed E-state index contributed by atoms with van der Waals surface area (Å²) in [5.41, 5.74) is 2.43. The van der Waals surface area contributed by atoms with Gasteiger partial charge in [0.1, 0.15) is 11.5 Å². The number of methoxy groups -OCH3 is 1. The lowest BCUT2D eigenvalue weighted by Crippen LogP contribution is -2.32. The van der Waals surface area contributed by atoms with E-state index in [9.17, 15) is 4.79 Å². The van der Waals surface area contributed by atoms with E-state index in [1.165, 1.54) is 0 Å². The van der Waals surface area contributed by atoms with Crippen LogP contribution in [0.15, 0.2) is 73.3 Å². The molecule has 2 aromatic heterocycles. The predicted molar refractivity (Wildman–Crippen MR) is 131 cm³/mol. The smallest absolute Gasteiger partial charge is 0.254 e. The number of benzene rings is 2. The molecule has 0 saturated carbocycles. The first-order chi connectivity index (χ1) is 17.1. The van der Waals surface area contributed by atoms with Gasteiger partial charge in [-0.05, 0) is 55.7 Å². The van der Waals surface area contributed by atoms with Crippen molar-refractivity contribution in [1.29, 1.82) is 0 Å². The second-order valence-corrected chi connectivity index (χ2v) is 8.53. The van der Waals surface area contributed by atoms with E-state index in [0.717, 1.165) is 29.8 Å². The predicted octanol–water partition coefficient (Wildman–Crippen LogP) is 4.81. The van der Waals surface area contributed by atoms with Crippen molar-refractivity contribution in [1.82, 2.24) is 24.4 Å². The van der Waals surface area contributed by atoms with Crippen molar-refractivity contribution in [3.05, 3.63) is 96.0 Å². The van der Waals surface area contributed by atoms with Gasteiger partial charge < -0.3 is 18.9 Å². The van der Waals surface area contributed by atoms with Crippen LogP contribution in [-0.2, 0) is 6.54 Å². The first kappa shape index (κ1) is 22.6. The Morgan fingerprint density at radius 1 is 1.09 bits per heavy atom. The number of hydrogen-bond acceptors (Lipinski definition) is 6. The second-order valence-electron chi connectivity index (χ2n) is 8.53. The maximum absolute atomic E-state index is 13.7. The summed E-state index contributed by atoms with van der Waals surface area (Å²) >= 11 is 0. The fraction of sp³-hybridized carbons (Fsp3) is 0.259. The van der Waals surface area contributed by atoms with E-state index in [1.807, 2.05) is 71.1 Å². The van der Waals surface area contributed by atoms with Crippen molar-refractivity contribution in [2.75, 3.05) is 13.7 Å². The minimum atomic E-state index is -0.207. The molecule has 0 spiro atoms. The van der Waals surface area contributed by atoms with Crippen LogP contribution < -0.4 is 9.47 Å². The summed E-state index contributed by atoms with van der Waals surface area (Å²) in [4.78, 5) is 29.1. The number of nitrogens with zero attached hydrogens (tertiary/aromatic N) is 5. The van der Waals surface area contributed by atoms with Crippen LogP contribution in [0.5, 0.6) is 17.4 Å². The van der Waals surface area contributed by atoms with Gasteiger partial charge in [-0.2, -0.15) is 4.98 Å². The molecule has 8 nitrogen and oxygen atoms in total. The first-order valence-electron chi connectivity index (χ1n) is 11.6. The van der Waals surface area contributed by atoms with Crippen LogP contribution in [0.1, 0.15) is 46.3 Å². The van der Waals surface area contributed by atoms with E-state index in [2.05, 4.69) is 9.97 Å². The van der Waals surface area contributed by atoms with Crippen LogP contribution in [0.3, 0.4) is 0 Å². The van der Waals surface area contributed by atoms with Crippen molar-refractivity contribution in [3.8, 4) is 17.4 Å². The number of aryl methyl sites for hydroxylation is 1. The highest BCUT2D eigenvalue weighted by Crippen LogP contribution is 2.33. The molecular weight excluding hydrogens is 442 g/mol. The van der Waals surface area contributed by atoms with Crippen LogP contribution in [0.25, 0.3) is 0 Å². The molecule has 178 valence electrons. The number of rotatable bonds is 7. The zero-order valence-corrected chi connectivity index (χ0v) is 19.8. The molecule has 1 aliphatic heterocycles. The molecule has 2 aromatic carbocycles. The van der Waals surface area contributed by atoms with Crippen LogP contribution in [-0.4, -0.2) is 44.0 Å². The summed E-state index contributed by atoms with van der Waals surface area (Å²) in [7, 11) is 1.63. The first-order valence-corrected chi connectivity index (χ1v) is 11.6. The lowest BCUT2D eigenvalue weighted by molar-refractivity contribution is 0.0728. The molecule has 1 fully saturated rings. The van der Waals surface area contributed by atoms with E-state index in [4.69, 9.17) is 14.5 Å². The average Bonchev–Trinajstić information content (AvgIpc) is 3.57. The standard InChI is InChI=1S/C27H27N5O3/c1-19-16-25(35-22-11-9-21(34-2)10-12-22)30-26(29-19)24-8-5-14-32(24)27(33)23-7-4-3-6-20(23)17-31-15-13-28-18-31/h3-4,6-7,9-13,15-16,18,24H,5,8,14,17H2,1-2H3/t24-/m1/s1. The Hall–Kier alpha value is -4.20. The Kier molecular flexibility index (Phi) is 6.43. The van der Waals surface area contributed by atoms with Crippen molar-refractivity contribution in [3.63, 3.8) is 0 Å². The number of hydrogen-bond donors (Lipinski definition) is 0. The maximum atomic E-state index is 13.7. The van der Waals surface area contributed by atoms with Gasteiger partial charge >= 0.3 is 0 Å². The Bertz CT molecular complexity index is 1300. The average molecular weight is 470 g/mol. The highest BCUT2D eigenvalue weighted by Gasteiger charge is 2.33. The molecule has 0 radical (unpaired) electrons. The number of carbonyl (C=O) groups is 1. The zero-order valence-electron chi connectivity index (χ0n) is 19.8. The third kappa shape index (κ3) is 5.01. The van der Waals surface area contributed by atoms with E-state index in [0.29, 0.717) is 36.1 Å². The molecule has 0 N–H and O–H groups in total. The molecule has 4 aromatic rings. The molecule has 3 heterocycles. The monoisotopic (exact) mass is 469 g/mol. The summed E-state index contributed by atoms with van der Waals surface area (Å²) in [6, 6.07) is 16.7. The summed E-state index contributed by atoms with van der Waals surface area (Å²) in [6.45, 7) is 3.16. The minimum absolute atomic E-state index is 0.00839. The Morgan fingerprint density at radius 2 is 1.89 bits per heavy atom. The van der Waals surface area contributed by atoms with Crippen molar-refractivity contribution in [2.24, 2.45) is 0 Å². The maximum Gasteiger partial charge on any atom is 0.254 e. The Morgan fingerprint density at radius 3 is 2.66 bits per heavy atom. The third-order valence-electron chi connectivity index (χ3n) is 6.10. The van der Waals surface area contributed by atoms with E-state index < -0.39 is 0 Å². The number of likely N-dealkylation sites (tertiary alicyclic amines) is 1. The van der Waals surface area contributed by atoms with E-state index >= 15 is 0 Å². The van der Waals surface area contributed by atoms with E-state index in [-0.39, 0.29) is 11.9 Å². The number of carbonyl (C=O) groups excluding carboxylic acids is 1. The molecule has 0 unspecified atom stereocenters. The zero-order chi connectivity index (χ0) is 24.2. The highest BCUT2D eigenvalue weighted by atomic mass is 16.5. The molecule has 0 bridgehead atoms. The lowest BCUT2D eigenvalue weighted by Gasteiger charge is -2.25. The van der Waals surface area contributed by atoms with Crippen LogP contribution in [0.2, 0.25) is 0 Å². The Labute approximate surface area is 204 Å². The lowest BCUT2D eigenvalue weighted by atomic mass is 10.1. The normalized spacial score (nSPS) is 15.3. The third-order valence-corrected chi connectivity index (χ3v) is 6.10. The topological polar surface area (TPSA) is 82.4 Å². The number of imidazole rings is 1. The summed E-state index contributed by atoms with van der Waals surface area (Å²) in [5, 5.41) is 0. The fourth-order valence-corrected chi connectivity index (χ4v) is 4.40. The van der Waals surface area contributed by atoms with Crippen molar-refractivity contribution in [2.45, 2.75) is 32.4 Å². The summed E-state index contributed by atoms with van der Waals surface area (Å²) in [5.74, 6) is 2.46. The van der Waals surface area contributed by atoms with Crippen molar-refractivity contribution < 1.29 is 14.3 Å². The Balaban J connectivity index is 1.39. The van der Waals surface area contributed by atoms with Crippen LogP contribution in [0.4, 0.5) is 0 Å². The molecule has 35 heavy (non-hydrogen) atoms. The second kappa shape index (κ2) is 9.97. The van der Waals surface area contributed by atoms with Crippen LogP contribution >= 0.6 is 0 Å². The largest absolute Gasteiger partial charge is 0.497 e. The van der Waals surface area contributed by atoms with Gasteiger partial charge in [-0.1, -0.05) is 18.2 Å². The van der Waals surface area contributed by atoms with Gasteiger partial charge in [-0.15, -0.1) is 0 Å². The number of ether oxygens (including phenoxy) is 2. The molecule has 1 aliphatic rings. The van der Waals surface area contributed by atoms with E-state index in [1.54, 1.807) is 25.7 Å². The van der Waals surface area contributed by atoms with Gasteiger partial charge in [0.15, 0.2) is 5.82 Å². The van der Waals surface area contributed by atoms with Crippen molar-refractivity contribution >= 4 is 5.91 Å². The quantitative estimate of drug-likeness (QED) is 0.386. The molecule has 1 atom stereocenters. The fourth-order valence-electron chi connectivity index (χ4n) is 4.40. The van der Waals surface area contributed by atoms with Crippen LogP contribution in [0, 0.1) is 6.92 Å². The van der Waals surface area contributed by atoms with Gasteiger partial charge in [0.25, 0.3) is 5.91 Å². The molecule has 1 amide bonds. The number of amides is 1. The molecular formula is C27H27N5O3. The number of aromatic nitrogens is 4. The van der Waals surface area contributed by atoms with Gasteiger partial charge in [0.05, 0.1) is 19.5 Å². The highest BCUT2D eigenvalue weighted by molar-refractivity contribution is 5.96. The van der Waals surface area contributed by atoms with Gasteiger partial charge in [0, 0.05) is 42.8 Å². The van der Waals surface area contributed by atoms with Gasteiger partial charge in [-0.25, -0.2) is 9.97 Å².